The lowest BCUT2D eigenvalue weighted by atomic mass is 9.94. The van der Waals surface area contributed by atoms with Crippen LogP contribution in [0.3, 0.4) is 0 Å². The standard InChI is InChI=1S/C23H24ClN5O2S/c1-13-11-16(24)5-6-18(13)31-12-19(30)28-8-7-17-21(29-9-10-32-23(29)25-17)22(28)20-14(2)26-27(4)15(20)3/h5-6,9-11,22H,7-8,12H2,1-4H3. The summed E-state index contributed by atoms with van der Waals surface area (Å²) < 4.78 is 9.89. The van der Waals surface area contributed by atoms with E-state index in [0.29, 0.717) is 23.7 Å². The van der Waals surface area contributed by atoms with E-state index in [1.165, 1.54) is 0 Å². The van der Waals surface area contributed by atoms with Crippen molar-refractivity contribution in [3.8, 4) is 5.75 Å². The molecule has 32 heavy (non-hydrogen) atoms. The molecular formula is C23H24ClN5O2S. The Morgan fingerprint density at radius 2 is 2.12 bits per heavy atom. The molecule has 7 nitrogen and oxygen atoms in total. The number of hydrogen-bond acceptors (Lipinski definition) is 5. The first-order valence-electron chi connectivity index (χ1n) is 10.5. The van der Waals surface area contributed by atoms with Crippen LogP contribution in [-0.2, 0) is 18.3 Å². The smallest absolute Gasteiger partial charge is 0.261 e. The molecular weight excluding hydrogens is 446 g/mol. The lowest BCUT2D eigenvalue weighted by Crippen LogP contribution is -2.43. The van der Waals surface area contributed by atoms with Crippen molar-refractivity contribution in [1.82, 2.24) is 24.1 Å². The molecule has 1 aromatic carbocycles. The maximum absolute atomic E-state index is 13.5. The maximum Gasteiger partial charge on any atom is 0.261 e. The zero-order valence-electron chi connectivity index (χ0n) is 18.4. The van der Waals surface area contributed by atoms with Gasteiger partial charge in [0.1, 0.15) is 11.8 Å². The van der Waals surface area contributed by atoms with Gasteiger partial charge in [-0.1, -0.05) is 11.6 Å². The number of thiazole rings is 1. The van der Waals surface area contributed by atoms with Crippen LogP contribution in [0, 0.1) is 20.8 Å². The first kappa shape index (κ1) is 21.0. The quantitative estimate of drug-likeness (QED) is 0.448. The average molecular weight is 470 g/mol. The van der Waals surface area contributed by atoms with Crippen LogP contribution in [-0.4, -0.2) is 43.1 Å². The molecule has 0 fully saturated rings. The van der Waals surface area contributed by atoms with Gasteiger partial charge in [0.2, 0.25) is 0 Å². The molecule has 0 aliphatic carbocycles. The van der Waals surface area contributed by atoms with E-state index < -0.39 is 0 Å². The molecule has 1 unspecified atom stereocenters. The Hall–Kier alpha value is -2.84. The summed E-state index contributed by atoms with van der Waals surface area (Å²) in [6.45, 7) is 6.50. The third kappa shape index (κ3) is 3.38. The highest BCUT2D eigenvalue weighted by molar-refractivity contribution is 7.15. The van der Waals surface area contributed by atoms with Crippen molar-refractivity contribution >= 4 is 33.8 Å². The van der Waals surface area contributed by atoms with Crippen LogP contribution in [0.15, 0.2) is 29.8 Å². The molecule has 5 rings (SSSR count). The lowest BCUT2D eigenvalue weighted by Gasteiger charge is -2.36. The highest BCUT2D eigenvalue weighted by atomic mass is 35.5. The molecule has 166 valence electrons. The van der Waals surface area contributed by atoms with Crippen LogP contribution >= 0.6 is 22.9 Å². The van der Waals surface area contributed by atoms with Crippen molar-refractivity contribution in [3.05, 3.63) is 68.7 Å². The molecule has 1 atom stereocenters. The number of aromatic nitrogens is 4. The van der Waals surface area contributed by atoms with E-state index in [4.69, 9.17) is 21.3 Å². The Kier molecular flexibility index (Phi) is 5.22. The normalized spacial score (nSPS) is 15.9. The van der Waals surface area contributed by atoms with Crippen molar-refractivity contribution in [2.75, 3.05) is 13.2 Å². The van der Waals surface area contributed by atoms with Crippen molar-refractivity contribution in [2.45, 2.75) is 33.2 Å². The molecule has 0 saturated heterocycles. The minimum Gasteiger partial charge on any atom is -0.483 e. The molecule has 0 spiro atoms. The minimum atomic E-state index is -0.264. The molecule has 9 heteroatoms. The van der Waals surface area contributed by atoms with E-state index in [1.807, 2.05) is 55.0 Å². The van der Waals surface area contributed by atoms with Gasteiger partial charge in [-0.2, -0.15) is 5.10 Å². The predicted molar refractivity (Wildman–Crippen MR) is 125 cm³/mol. The number of hydrogen-bond donors (Lipinski definition) is 0. The summed E-state index contributed by atoms with van der Waals surface area (Å²) in [7, 11) is 1.94. The second-order valence-electron chi connectivity index (χ2n) is 8.15. The highest BCUT2D eigenvalue weighted by Crippen LogP contribution is 2.39. The molecule has 0 N–H and O–H groups in total. The third-order valence-electron chi connectivity index (χ3n) is 6.18. The Bertz CT molecular complexity index is 1340. The Morgan fingerprint density at radius 1 is 1.31 bits per heavy atom. The fourth-order valence-corrected chi connectivity index (χ4v) is 5.54. The molecule has 3 aromatic heterocycles. The topological polar surface area (TPSA) is 64.7 Å². The highest BCUT2D eigenvalue weighted by Gasteiger charge is 2.38. The summed E-state index contributed by atoms with van der Waals surface area (Å²) in [6, 6.07) is 5.14. The van der Waals surface area contributed by atoms with Gasteiger partial charge in [0.25, 0.3) is 5.91 Å². The van der Waals surface area contributed by atoms with Crippen LogP contribution in [0.4, 0.5) is 0 Å². The predicted octanol–water partition coefficient (Wildman–Crippen LogP) is 4.26. The van der Waals surface area contributed by atoms with Crippen LogP contribution < -0.4 is 4.74 Å². The Labute approximate surface area is 195 Å². The van der Waals surface area contributed by atoms with E-state index in [-0.39, 0.29) is 18.6 Å². The molecule has 1 aliphatic rings. The monoisotopic (exact) mass is 469 g/mol. The number of imidazole rings is 1. The van der Waals surface area contributed by atoms with Gasteiger partial charge in [-0.05, 0) is 44.5 Å². The number of carbonyl (C=O) groups excluding carboxylic acids is 1. The van der Waals surface area contributed by atoms with Crippen LogP contribution in [0.25, 0.3) is 4.96 Å². The molecule has 4 heterocycles. The van der Waals surface area contributed by atoms with Gasteiger partial charge in [-0.25, -0.2) is 4.98 Å². The number of benzene rings is 1. The van der Waals surface area contributed by atoms with Gasteiger partial charge in [0.05, 0.1) is 17.1 Å². The zero-order valence-corrected chi connectivity index (χ0v) is 20.0. The van der Waals surface area contributed by atoms with Gasteiger partial charge in [0.15, 0.2) is 11.6 Å². The van der Waals surface area contributed by atoms with Crippen LogP contribution in [0.2, 0.25) is 5.02 Å². The van der Waals surface area contributed by atoms with Crippen LogP contribution in [0.1, 0.15) is 39.9 Å². The van der Waals surface area contributed by atoms with Gasteiger partial charge < -0.3 is 9.64 Å². The SMILES string of the molecule is Cc1cc(Cl)ccc1OCC(=O)N1CCc2nc3sccn3c2C1c1c(C)nn(C)c1C. The van der Waals surface area contributed by atoms with Gasteiger partial charge >= 0.3 is 0 Å². The molecule has 0 saturated carbocycles. The van der Waals surface area contributed by atoms with Gasteiger partial charge in [-0.15, -0.1) is 11.3 Å². The lowest BCUT2D eigenvalue weighted by molar-refractivity contribution is -0.135. The van der Waals surface area contributed by atoms with E-state index in [2.05, 4.69) is 9.50 Å². The fourth-order valence-electron chi connectivity index (χ4n) is 4.57. The van der Waals surface area contributed by atoms with Gasteiger partial charge in [0, 0.05) is 47.9 Å². The molecule has 0 radical (unpaired) electrons. The van der Waals surface area contributed by atoms with Crippen molar-refractivity contribution in [2.24, 2.45) is 7.05 Å². The zero-order chi connectivity index (χ0) is 22.6. The summed E-state index contributed by atoms with van der Waals surface area (Å²) in [5.74, 6) is 0.596. The number of halogens is 1. The summed E-state index contributed by atoms with van der Waals surface area (Å²) in [5, 5.41) is 7.30. The van der Waals surface area contributed by atoms with Crippen molar-refractivity contribution in [1.29, 1.82) is 0 Å². The van der Waals surface area contributed by atoms with Gasteiger partial charge in [-0.3, -0.25) is 13.9 Å². The number of ether oxygens (including phenoxy) is 1. The fraction of sp³-hybridized carbons (Fsp3) is 0.348. The first-order chi connectivity index (χ1) is 15.3. The summed E-state index contributed by atoms with van der Waals surface area (Å²) >= 11 is 7.65. The van der Waals surface area contributed by atoms with E-state index in [0.717, 1.165) is 38.9 Å². The number of aryl methyl sites for hydroxylation is 3. The molecule has 1 amide bonds. The minimum absolute atomic E-state index is 0.0434. The Balaban J connectivity index is 1.53. The second kappa shape index (κ2) is 7.94. The van der Waals surface area contributed by atoms with Crippen molar-refractivity contribution < 1.29 is 9.53 Å². The molecule has 0 bridgehead atoms. The van der Waals surface area contributed by atoms with E-state index >= 15 is 0 Å². The average Bonchev–Trinajstić information content (AvgIpc) is 3.40. The number of fused-ring (bicyclic) bond motifs is 3. The molecule has 4 aromatic rings. The van der Waals surface area contributed by atoms with Crippen LogP contribution in [0.5, 0.6) is 5.75 Å². The summed E-state index contributed by atoms with van der Waals surface area (Å²) in [4.78, 5) is 21.2. The second-order valence-corrected chi connectivity index (χ2v) is 9.46. The first-order valence-corrected chi connectivity index (χ1v) is 11.7. The summed E-state index contributed by atoms with van der Waals surface area (Å²) in [6.07, 6.45) is 2.74. The maximum atomic E-state index is 13.5. The Morgan fingerprint density at radius 3 is 2.84 bits per heavy atom. The van der Waals surface area contributed by atoms with E-state index in [9.17, 15) is 4.79 Å². The largest absolute Gasteiger partial charge is 0.483 e. The number of nitrogens with zero attached hydrogens (tertiary/aromatic N) is 5. The number of rotatable bonds is 4. The number of amides is 1. The van der Waals surface area contributed by atoms with Crippen molar-refractivity contribution in [3.63, 3.8) is 0 Å². The number of carbonyl (C=O) groups is 1. The summed E-state index contributed by atoms with van der Waals surface area (Å²) in [5.41, 5.74) is 6.00. The molecule has 1 aliphatic heterocycles. The third-order valence-corrected chi connectivity index (χ3v) is 7.17. The van der Waals surface area contributed by atoms with E-state index in [1.54, 1.807) is 23.5 Å².